The molecule has 1 aromatic carbocycles. The number of carbonyl (C=O) groups excluding carboxylic acids is 2. The quantitative estimate of drug-likeness (QED) is 0.716. The molecule has 0 aliphatic heterocycles. The van der Waals surface area contributed by atoms with Gasteiger partial charge in [0.15, 0.2) is 12.9 Å². The fourth-order valence-corrected chi connectivity index (χ4v) is 1.15. The summed E-state index contributed by atoms with van der Waals surface area (Å²) in [6, 6.07) is 4.83. The first kappa shape index (κ1) is 13.0. The number of methoxy groups -OCH3 is 1. The van der Waals surface area contributed by atoms with Crippen LogP contribution in [-0.2, 0) is 4.79 Å². The fourth-order valence-electron chi connectivity index (χ4n) is 1.15. The molecule has 0 aromatic heterocycles. The number of rotatable bonds is 5. The molecule has 1 aromatic rings. The van der Waals surface area contributed by atoms with Gasteiger partial charge in [-0.05, 0) is 18.2 Å². The first-order valence-corrected chi connectivity index (χ1v) is 5.04. The maximum atomic E-state index is 11.3. The topological polar surface area (TPSA) is 55.8 Å². The molecule has 0 spiro atoms. The molecule has 0 N–H and O–H groups in total. The molecule has 5 nitrogen and oxygen atoms in total. The molecule has 0 radical (unpaired) electrons. The molecule has 0 unspecified atom stereocenters. The van der Waals surface area contributed by atoms with E-state index in [1.165, 1.54) is 12.0 Å². The number of hydrogen-bond acceptors (Lipinski definition) is 4. The van der Waals surface area contributed by atoms with Gasteiger partial charge in [0.1, 0.15) is 11.5 Å². The Hall–Kier alpha value is -2.04. The first-order valence-electron chi connectivity index (χ1n) is 5.04. The van der Waals surface area contributed by atoms with Gasteiger partial charge in [-0.25, -0.2) is 0 Å². The van der Waals surface area contributed by atoms with Gasteiger partial charge in [0.2, 0.25) is 0 Å². The highest BCUT2D eigenvalue weighted by molar-refractivity contribution is 5.81. The number of aldehydes is 1. The molecular formula is C12H15NO4. The van der Waals surface area contributed by atoms with Crippen molar-refractivity contribution in [2.75, 3.05) is 27.8 Å². The smallest absolute Gasteiger partial charge is 0.259 e. The minimum absolute atomic E-state index is 0.0971. The molecule has 0 saturated carbocycles. The lowest BCUT2D eigenvalue weighted by Gasteiger charge is -2.12. The molecule has 0 aliphatic rings. The summed E-state index contributed by atoms with van der Waals surface area (Å²) in [5.41, 5.74) is 0.357. The summed E-state index contributed by atoms with van der Waals surface area (Å²) in [6.45, 7) is -0.0971. The normalized spacial score (nSPS) is 9.59. The molecule has 1 amide bonds. The van der Waals surface area contributed by atoms with Gasteiger partial charge in [0, 0.05) is 14.1 Å². The van der Waals surface area contributed by atoms with Crippen LogP contribution in [0.1, 0.15) is 10.4 Å². The average molecular weight is 237 g/mol. The number of ether oxygens (including phenoxy) is 2. The van der Waals surface area contributed by atoms with Crippen molar-refractivity contribution in [1.29, 1.82) is 0 Å². The number of benzene rings is 1. The Labute approximate surface area is 99.9 Å². The second-order valence-corrected chi connectivity index (χ2v) is 3.60. The van der Waals surface area contributed by atoms with Crippen LogP contribution in [0.3, 0.4) is 0 Å². The molecule has 17 heavy (non-hydrogen) atoms. The largest absolute Gasteiger partial charge is 0.497 e. The van der Waals surface area contributed by atoms with Crippen molar-refractivity contribution >= 4 is 12.2 Å². The van der Waals surface area contributed by atoms with Gasteiger partial charge >= 0.3 is 0 Å². The van der Waals surface area contributed by atoms with Crippen molar-refractivity contribution in [3.63, 3.8) is 0 Å². The van der Waals surface area contributed by atoms with Gasteiger partial charge < -0.3 is 14.4 Å². The monoisotopic (exact) mass is 237 g/mol. The van der Waals surface area contributed by atoms with Crippen LogP contribution in [0, 0.1) is 0 Å². The van der Waals surface area contributed by atoms with E-state index in [0.29, 0.717) is 23.3 Å². The summed E-state index contributed by atoms with van der Waals surface area (Å²) in [5, 5.41) is 0. The van der Waals surface area contributed by atoms with Crippen molar-refractivity contribution in [3.05, 3.63) is 23.8 Å². The van der Waals surface area contributed by atoms with E-state index >= 15 is 0 Å². The van der Waals surface area contributed by atoms with E-state index < -0.39 is 0 Å². The van der Waals surface area contributed by atoms with Crippen molar-refractivity contribution in [2.24, 2.45) is 0 Å². The van der Waals surface area contributed by atoms with Gasteiger partial charge in [0.05, 0.1) is 12.7 Å². The Morgan fingerprint density at radius 3 is 2.65 bits per heavy atom. The molecule has 0 heterocycles. The summed E-state index contributed by atoms with van der Waals surface area (Å²) in [7, 11) is 4.79. The third-order valence-electron chi connectivity index (χ3n) is 2.19. The van der Waals surface area contributed by atoms with Gasteiger partial charge in [0.25, 0.3) is 5.91 Å². The van der Waals surface area contributed by atoms with Crippen LogP contribution in [0.4, 0.5) is 0 Å². The zero-order valence-electron chi connectivity index (χ0n) is 10.1. The minimum Gasteiger partial charge on any atom is -0.497 e. The third-order valence-corrected chi connectivity index (χ3v) is 2.19. The summed E-state index contributed by atoms with van der Waals surface area (Å²) in [6.07, 6.45) is 0.665. The van der Waals surface area contributed by atoms with Crippen LogP contribution in [0.25, 0.3) is 0 Å². The van der Waals surface area contributed by atoms with E-state index in [1.54, 1.807) is 32.3 Å². The van der Waals surface area contributed by atoms with Crippen LogP contribution in [0.2, 0.25) is 0 Å². The SMILES string of the molecule is COc1ccc(OCC(=O)N(C)C)c(C=O)c1. The highest BCUT2D eigenvalue weighted by Crippen LogP contribution is 2.22. The van der Waals surface area contributed by atoms with Crippen LogP contribution in [0.5, 0.6) is 11.5 Å². The standard InChI is InChI=1S/C12H15NO4/c1-13(2)12(15)8-17-11-5-4-10(16-3)6-9(11)7-14/h4-7H,8H2,1-3H3. The Bertz CT molecular complexity index is 415. The highest BCUT2D eigenvalue weighted by Gasteiger charge is 2.09. The summed E-state index contributed by atoms with van der Waals surface area (Å²) in [4.78, 5) is 23.6. The van der Waals surface area contributed by atoms with Gasteiger partial charge in [-0.1, -0.05) is 0 Å². The number of nitrogens with zero attached hydrogens (tertiary/aromatic N) is 1. The molecule has 0 fully saturated rings. The first-order chi connectivity index (χ1) is 8.08. The number of likely N-dealkylation sites (N-methyl/N-ethyl adjacent to an activating group) is 1. The predicted molar refractivity (Wildman–Crippen MR) is 62.6 cm³/mol. The lowest BCUT2D eigenvalue weighted by molar-refractivity contribution is -0.130. The Balaban J connectivity index is 2.77. The molecule has 5 heteroatoms. The maximum absolute atomic E-state index is 11.3. The lowest BCUT2D eigenvalue weighted by Crippen LogP contribution is -2.27. The average Bonchev–Trinajstić information content (AvgIpc) is 2.35. The van der Waals surface area contributed by atoms with E-state index in [-0.39, 0.29) is 12.5 Å². The van der Waals surface area contributed by atoms with Gasteiger partial charge in [-0.15, -0.1) is 0 Å². The molecule has 92 valence electrons. The fraction of sp³-hybridized carbons (Fsp3) is 0.333. The Kier molecular flexibility index (Phi) is 4.51. The zero-order valence-corrected chi connectivity index (χ0v) is 10.1. The number of amides is 1. The van der Waals surface area contributed by atoms with E-state index in [9.17, 15) is 9.59 Å². The second kappa shape index (κ2) is 5.89. The van der Waals surface area contributed by atoms with E-state index in [1.807, 2.05) is 0 Å². The molecule has 0 atom stereocenters. The third kappa shape index (κ3) is 3.48. The zero-order chi connectivity index (χ0) is 12.8. The Morgan fingerprint density at radius 2 is 2.12 bits per heavy atom. The highest BCUT2D eigenvalue weighted by atomic mass is 16.5. The van der Waals surface area contributed by atoms with E-state index in [0.717, 1.165) is 0 Å². The van der Waals surface area contributed by atoms with E-state index in [2.05, 4.69) is 0 Å². The van der Waals surface area contributed by atoms with Crippen molar-refractivity contribution in [2.45, 2.75) is 0 Å². The molecule has 0 saturated heterocycles. The van der Waals surface area contributed by atoms with Crippen molar-refractivity contribution in [3.8, 4) is 11.5 Å². The second-order valence-electron chi connectivity index (χ2n) is 3.60. The molecular weight excluding hydrogens is 222 g/mol. The summed E-state index contributed by atoms with van der Waals surface area (Å²) >= 11 is 0. The summed E-state index contributed by atoms with van der Waals surface area (Å²) in [5.74, 6) is 0.770. The lowest BCUT2D eigenvalue weighted by atomic mass is 10.2. The predicted octanol–water partition coefficient (Wildman–Crippen LogP) is 0.975. The Morgan fingerprint density at radius 1 is 1.41 bits per heavy atom. The molecule has 0 aliphatic carbocycles. The number of carbonyl (C=O) groups is 2. The van der Waals surface area contributed by atoms with Gasteiger partial charge in [-0.2, -0.15) is 0 Å². The molecule has 0 bridgehead atoms. The maximum Gasteiger partial charge on any atom is 0.259 e. The molecule has 1 rings (SSSR count). The van der Waals surface area contributed by atoms with Gasteiger partial charge in [-0.3, -0.25) is 9.59 Å². The van der Waals surface area contributed by atoms with Crippen LogP contribution in [-0.4, -0.2) is 44.9 Å². The van der Waals surface area contributed by atoms with Crippen LogP contribution in [0.15, 0.2) is 18.2 Å². The summed E-state index contributed by atoms with van der Waals surface area (Å²) < 4.78 is 10.3. The number of hydrogen-bond donors (Lipinski definition) is 0. The van der Waals surface area contributed by atoms with Crippen LogP contribution < -0.4 is 9.47 Å². The van der Waals surface area contributed by atoms with Crippen LogP contribution >= 0.6 is 0 Å². The van der Waals surface area contributed by atoms with Crippen molar-refractivity contribution in [1.82, 2.24) is 4.90 Å². The van der Waals surface area contributed by atoms with Crippen molar-refractivity contribution < 1.29 is 19.1 Å². The minimum atomic E-state index is -0.169. The van der Waals surface area contributed by atoms with E-state index in [4.69, 9.17) is 9.47 Å².